The first kappa shape index (κ1) is 21.8. The van der Waals surface area contributed by atoms with Gasteiger partial charge in [0.2, 0.25) is 0 Å². The number of aryl methyl sites for hydroxylation is 1. The molecule has 0 unspecified atom stereocenters. The third-order valence-electron chi connectivity index (χ3n) is 4.83. The van der Waals surface area contributed by atoms with Crippen LogP contribution in [0.2, 0.25) is 0 Å². The number of ketones is 1. The van der Waals surface area contributed by atoms with Crippen LogP contribution in [0, 0.1) is 6.92 Å². The van der Waals surface area contributed by atoms with Crippen molar-refractivity contribution < 1.29 is 14.3 Å². The smallest absolute Gasteiger partial charge is 0.195 e. The molecule has 0 atom stereocenters. The standard InChI is InChI=1S/C26H28O3S/c1-18-6-15-25(30-18)23(27)13-7-19-8-14-24(28-5)20(16-19)17-29-22-11-9-21(10-12-22)26(2,3)4/h6-16H,17H2,1-5H3/b13-7+. The van der Waals surface area contributed by atoms with Gasteiger partial charge in [0.05, 0.1) is 12.0 Å². The summed E-state index contributed by atoms with van der Waals surface area (Å²) >= 11 is 1.51. The second kappa shape index (κ2) is 9.31. The maximum atomic E-state index is 12.3. The fourth-order valence-electron chi connectivity index (χ4n) is 3.05. The lowest BCUT2D eigenvalue weighted by molar-refractivity contribution is 0.105. The van der Waals surface area contributed by atoms with Gasteiger partial charge in [0, 0.05) is 10.4 Å². The van der Waals surface area contributed by atoms with Gasteiger partial charge in [0.1, 0.15) is 18.1 Å². The SMILES string of the molecule is COc1ccc(/C=C/C(=O)c2ccc(C)s2)cc1COc1ccc(C(C)(C)C)cc1. The van der Waals surface area contributed by atoms with Crippen molar-refractivity contribution in [2.45, 2.75) is 39.7 Å². The Morgan fingerprint density at radius 1 is 1.03 bits per heavy atom. The molecule has 3 aromatic rings. The van der Waals surface area contributed by atoms with Crippen LogP contribution in [0.1, 0.15) is 52.0 Å². The second-order valence-corrected chi connectivity index (χ2v) is 9.53. The zero-order valence-corrected chi connectivity index (χ0v) is 19.0. The molecule has 0 aliphatic rings. The van der Waals surface area contributed by atoms with Gasteiger partial charge in [-0.1, -0.05) is 45.0 Å². The minimum Gasteiger partial charge on any atom is -0.496 e. The molecule has 1 heterocycles. The molecular weight excluding hydrogens is 392 g/mol. The van der Waals surface area contributed by atoms with Crippen LogP contribution in [-0.2, 0) is 12.0 Å². The molecule has 3 rings (SSSR count). The van der Waals surface area contributed by atoms with Crippen LogP contribution in [0.5, 0.6) is 11.5 Å². The summed E-state index contributed by atoms with van der Waals surface area (Å²) in [5, 5.41) is 0. The number of allylic oxidation sites excluding steroid dienone is 1. The lowest BCUT2D eigenvalue weighted by Crippen LogP contribution is -2.10. The molecule has 156 valence electrons. The molecule has 0 bridgehead atoms. The highest BCUT2D eigenvalue weighted by atomic mass is 32.1. The summed E-state index contributed by atoms with van der Waals surface area (Å²) in [5.74, 6) is 1.59. The van der Waals surface area contributed by atoms with Gasteiger partial charge >= 0.3 is 0 Å². The van der Waals surface area contributed by atoms with Gasteiger partial charge in [-0.15, -0.1) is 11.3 Å². The van der Waals surface area contributed by atoms with Crippen molar-refractivity contribution in [1.82, 2.24) is 0 Å². The monoisotopic (exact) mass is 420 g/mol. The highest BCUT2D eigenvalue weighted by molar-refractivity contribution is 7.14. The largest absolute Gasteiger partial charge is 0.496 e. The lowest BCUT2D eigenvalue weighted by Gasteiger charge is -2.19. The number of ether oxygens (including phenoxy) is 2. The van der Waals surface area contributed by atoms with Crippen molar-refractivity contribution in [2.24, 2.45) is 0 Å². The number of hydrogen-bond acceptors (Lipinski definition) is 4. The molecule has 0 radical (unpaired) electrons. The van der Waals surface area contributed by atoms with Crippen molar-refractivity contribution in [3.05, 3.63) is 87.1 Å². The number of carbonyl (C=O) groups excluding carboxylic acids is 1. The average Bonchev–Trinajstić information content (AvgIpc) is 3.16. The average molecular weight is 421 g/mol. The minimum absolute atomic E-state index is 0.0145. The number of carbonyl (C=O) groups is 1. The summed E-state index contributed by atoms with van der Waals surface area (Å²) in [6, 6.07) is 17.9. The molecule has 0 aliphatic carbocycles. The number of hydrogen-bond donors (Lipinski definition) is 0. The topological polar surface area (TPSA) is 35.5 Å². The van der Waals surface area contributed by atoms with Crippen molar-refractivity contribution in [3.63, 3.8) is 0 Å². The number of benzene rings is 2. The molecule has 0 spiro atoms. The van der Waals surface area contributed by atoms with Gasteiger partial charge in [-0.05, 0) is 65.9 Å². The van der Waals surface area contributed by atoms with E-state index in [-0.39, 0.29) is 11.2 Å². The van der Waals surface area contributed by atoms with Crippen LogP contribution < -0.4 is 9.47 Å². The van der Waals surface area contributed by atoms with Crippen LogP contribution >= 0.6 is 11.3 Å². The molecule has 0 fully saturated rings. The van der Waals surface area contributed by atoms with E-state index in [1.165, 1.54) is 16.9 Å². The van der Waals surface area contributed by atoms with Gasteiger partial charge in [-0.3, -0.25) is 4.79 Å². The minimum atomic E-state index is 0.0145. The van der Waals surface area contributed by atoms with Crippen molar-refractivity contribution >= 4 is 23.2 Å². The summed E-state index contributed by atoms with van der Waals surface area (Å²) in [7, 11) is 1.65. The Bertz CT molecular complexity index is 1040. The van der Waals surface area contributed by atoms with Crippen LogP contribution in [-0.4, -0.2) is 12.9 Å². The maximum absolute atomic E-state index is 12.3. The van der Waals surface area contributed by atoms with E-state index >= 15 is 0 Å². The highest BCUT2D eigenvalue weighted by Gasteiger charge is 2.13. The van der Waals surface area contributed by atoms with E-state index in [1.54, 1.807) is 13.2 Å². The number of methoxy groups -OCH3 is 1. The Morgan fingerprint density at radius 3 is 2.37 bits per heavy atom. The van der Waals surface area contributed by atoms with Gasteiger partial charge < -0.3 is 9.47 Å². The Morgan fingerprint density at radius 2 is 1.77 bits per heavy atom. The normalized spacial score (nSPS) is 11.6. The molecule has 0 saturated carbocycles. The summed E-state index contributed by atoms with van der Waals surface area (Å²) < 4.78 is 11.5. The molecule has 0 amide bonds. The zero-order chi connectivity index (χ0) is 21.7. The van der Waals surface area contributed by atoms with Crippen molar-refractivity contribution in [3.8, 4) is 11.5 Å². The molecule has 1 aromatic heterocycles. The van der Waals surface area contributed by atoms with E-state index in [2.05, 4.69) is 32.9 Å². The number of thiophene rings is 1. The van der Waals surface area contributed by atoms with E-state index in [9.17, 15) is 4.79 Å². The molecule has 0 saturated heterocycles. The van der Waals surface area contributed by atoms with Crippen LogP contribution in [0.4, 0.5) is 0 Å². The van der Waals surface area contributed by atoms with Gasteiger partial charge in [-0.2, -0.15) is 0 Å². The zero-order valence-electron chi connectivity index (χ0n) is 18.2. The second-order valence-electron chi connectivity index (χ2n) is 8.24. The number of rotatable bonds is 7. The van der Waals surface area contributed by atoms with Crippen LogP contribution in [0.3, 0.4) is 0 Å². The Labute approximate surface area is 183 Å². The Hall–Kier alpha value is -2.85. The quantitative estimate of drug-likeness (QED) is 0.310. The predicted molar refractivity (Wildman–Crippen MR) is 125 cm³/mol. The van der Waals surface area contributed by atoms with E-state index in [1.807, 2.05) is 55.5 Å². The summed E-state index contributed by atoms with van der Waals surface area (Å²) in [5.41, 5.74) is 3.24. The first-order valence-corrected chi connectivity index (χ1v) is 10.8. The third-order valence-corrected chi connectivity index (χ3v) is 5.84. The fraction of sp³-hybridized carbons (Fsp3) is 0.269. The van der Waals surface area contributed by atoms with Crippen molar-refractivity contribution in [2.75, 3.05) is 7.11 Å². The Kier molecular flexibility index (Phi) is 6.78. The summed E-state index contributed by atoms with van der Waals surface area (Å²) in [4.78, 5) is 14.2. The first-order chi connectivity index (χ1) is 14.3. The van der Waals surface area contributed by atoms with Crippen LogP contribution in [0.15, 0.2) is 60.7 Å². The van der Waals surface area contributed by atoms with Crippen LogP contribution in [0.25, 0.3) is 6.08 Å². The Balaban J connectivity index is 1.71. The summed E-state index contributed by atoms with van der Waals surface area (Å²) in [6.07, 6.45) is 3.45. The van der Waals surface area contributed by atoms with E-state index in [0.29, 0.717) is 6.61 Å². The van der Waals surface area contributed by atoms with Crippen molar-refractivity contribution in [1.29, 1.82) is 0 Å². The highest BCUT2D eigenvalue weighted by Crippen LogP contribution is 2.26. The predicted octanol–water partition coefficient (Wildman–Crippen LogP) is 6.84. The van der Waals surface area contributed by atoms with Gasteiger partial charge in [0.25, 0.3) is 0 Å². The first-order valence-electron chi connectivity index (χ1n) is 9.95. The summed E-state index contributed by atoms with van der Waals surface area (Å²) in [6.45, 7) is 8.96. The molecule has 2 aromatic carbocycles. The van der Waals surface area contributed by atoms with Gasteiger partial charge in [0.15, 0.2) is 5.78 Å². The molecule has 3 nitrogen and oxygen atoms in total. The van der Waals surface area contributed by atoms with Gasteiger partial charge in [-0.25, -0.2) is 0 Å². The fourth-order valence-corrected chi connectivity index (χ4v) is 3.84. The molecule has 4 heteroatoms. The molecular formula is C26H28O3S. The molecule has 0 N–H and O–H groups in total. The maximum Gasteiger partial charge on any atom is 0.195 e. The lowest BCUT2D eigenvalue weighted by atomic mass is 9.87. The van der Waals surface area contributed by atoms with E-state index in [0.717, 1.165) is 32.4 Å². The molecule has 0 aliphatic heterocycles. The van der Waals surface area contributed by atoms with E-state index < -0.39 is 0 Å². The molecule has 30 heavy (non-hydrogen) atoms. The third kappa shape index (κ3) is 5.61. The van der Waals surface area contributed by atoms with E-state index in [4.69, 9.17) is 9.47 Å².